The van der Waals surface area contributed by atoms with Crippen LogP contribution in [0.4, 0.5) is 5.69 Å². The molecule has 8 heteroatoms. The third-order valence-electron chi connectivity index (χ3n) is 2.89. The number of benzene rings is 1. The molecule has 0 N–H and O–H groups in total. The lowest BCUT2D eigenvalue weighted by Gasteiger charge is -2.20. The average Bonchev–Trinajstić information content (AvgIpc) is 2.45. The van der Waals surface area contributed by atoms with Crippen molar-refractivity contribution in [3.05, 3.63) is 38.9 Å². The molecular formula is C13H15ClN2O5. The first-order valence-corrected chi connectivity index (χ1v) is 6.43. The monoisotopic (exact) mass is 314 g/mol. The van der Waals surface area contributed by atoms with E-state index in [0.29, 0.717) is 0 Å². The summed E-state index contributed by atoms with van der Waals surface area (Å²) in [6.07, 6.45) is 0. The van der Waals surface area contributed by atoms with Gasteiger partial charge in [-0.3, -0.25) is 19.7 Å². The molecule has 0 aliphatic rings. The van der Waals surface area contributed by atoms with Crippen molar-refractivity contribution in [2.45, 2.75) is 6.92 Å². The maximum Gasteiger partial charge on any atom is 0.310 e. The fourth-order valence-electron chi connectivity index (χ4n) is 1.78. The lowest BCUT2D eigenvalue weighted by atomic mass is 10.1. The number of methoxy groups -OCH3 is 1. The molecule has 1 amide bonds. The fraction of sp³-hybridized carbons (Fsp3) is 0.385. The summed E-state index contributed by atoms with van der Waals surface area (Å²) in [5, 5.41) is 10.8. The number of hydrogen-bond donors (Lipinski definition) is 0. The number of nitro benzene ring substituents is 1. The summed E-state index contributed by atoms with van der Waals surface area (Å²) in [5.41, 5.74) is -0.206. The van der Waals surface area contributed by atoms with Gasteiger partial charge in [-0.2, -0.15) is 0 Å². The SMILES string of the molecule is COC(=O)C(C)CN(C)C(=O)c1ccc(Cl)c([N+](=O)[O-])c1. The Balaban J connectivity index is 2.90. The lowest BCUT2D eigenvalue weighted by Crippen LogP contribution is -2.34. The van der Waals surface area contributed by atoms with Crippen LogP contribution in [0.5, 0.6) is 0 Å². The predicted octanol–water partition coefficient (Wildman–Crippen LogP) is 2.13. The number of carbonyl (C=O) groups is 2. The van der Waals surface area contributed by atoms with Gasteiger partial charge in [0.25, 0.3) is 11.6 Å². The molecule has 1 atom stereocenters. The minimum atomic E-state index is -0.657. The predicted molar refractivity (Wildman–Crippen MR) is 76.2 cm³/mol. The van der Waals surface area contributed by atoms with Crippen LogP contribution in [0.1, 0.15) is 17.3 Å². The van der Waals surface area contributed by atoms with Crippen molar-refractivity contribution in [2.24, 2.45) is 5.92 Å². The second-order valence-corrected chi connectivity index (χ2v) is 4.94. The molecule has 1 unspecified atom stereocenters. The van der Waals surface area contributed by atoms with Crippen LogP contribution in [0.2, 0.25) is 5.02 Å². The van der Waals surface area contributed by atoms with Crippen LogP contribution in [0.25, 0.3) is 0 Å². The molecule has 1 aromatic carbocycles. The second-order valence-electron chi connectivity index (χ2n) is 4.53. The van der Waals surface area contributed by atoms with Crippen LogP contribution in [0.3, 0.4) is 0 Å². The number of carbonyl (C=O) groups excluding carboxylic acids is 2. The van der Waals surface area contributed by atoms with Gasteiger partial charge in [0.1, 0.15) is 5.02 Å². The molecule has 0 radical (unpaired) electrons. The smallest absolute Gasteiger partial charge is 0.310 e. The van der Waals surface area contributed by atoms with Gasteiger partial charge in [0, 0.05) is 25.2 Å². The summed E-state index contributed by atoms with van der Waals surface area (Å²) in [5.74, 6) is -1.37. The minimum Gasteiger partial charge on any atom is -0.469 e. The van der Waals surface area contributed by atoms with Crippen LogP contribution < -0.4 is 0 Å². The molecule has 0 spiro atoms. The zero-order chi connectivity index (χ0) is 16.2. The van der Waals surface area contributed by atoms with Gasteiger partial charge in [-0.15, -0.1) is 0 Å². The molecule has 0 aliphatic heterocycles. The Labute approximate surface area is 126 Å². The van der Waals surface area contributed by atoms with Gasteiger partial charge < -0.3 is 9.64 Å². The van der Waals surface area contributed by atoms with E-state index >= 15 is 0 Å². The van der Waals surface area contributed by atoms with E-state index in [0.717, 1.165) is 6.07 Å². The molecule has 0 saturated heterocycles. The topological polar surface area (TPSA) is 89.8 Å². The molecule has 0 saturated carbocycles. The summed E-state index contributed by atoms with van der Waals surface area (Å²) in [7, 11) is 2.77. The quantitative estimate of drug-likeness (QED) is 0.472. The van der Waals surface area contributed by atoms with Crippen molar-refractivity contribution in [1.82, 2.24) is 4.90 Å². The summed E-state index contributed by atoms with van der Waals surface area (Å²) < 4.78 is 4.58. The Bertz CT molecular complexity index is 576. The third kappa shape index (κ3) is 4.16. The van der Waals surface area contributed by atoms with E-state index in [2.05, 4.69) is 4.74 Å². The number of ether oxygens (including phenoxy) is 1. The van der Waals surface area contributed by atoms with Gasteiger partial charge in [-0.25, -0.2) is 0 Å². The molecule has 0 bridgehead atoms. The summed E-state index contributed by atoms with van der Waals surface area (Å²) in [4.78, 5) is 35.0. The molecule has 0 heterocycles. The molecular weight excluding hydrogens is 300 g/mol. The summed E-state index contributed by atoms with van der Waals surface area (Å²) >= 11 is 5.69. The van der Waals surface area contributed by atoms with Crippen molar-refractivity contribution >= 4 is 29.2 Å². The van der Waals surface area contributed by atoms with E-state index < -0.39 is 22.7 Å². The van der Waals surface area contributed by atoms with E-state index in [1.807, 2.05) is 0 Å². The highest BCUT2D eigenvalue weighted by Gasteiger charge is 2.22. The van der Waals surface area contributed by atoms with Crippen LogP contribution in [-0.4, -0.2) is 42.4 Å². The zero-order valence-corrected chi connectivity index (χ0v) is 12.6. The molecule has 0 aliphatic carbocycles. The Morgan fingerprint density at radius 1 is 1.48 bits per heavy atom. The summed E-state index contributed by atoms with van der Waals surface area (Å²) in [6.45, 7) is 1.77. The molecule has 1 rings (SSSR count). The largest absolute Gasteiger partial charge is 0.469 e. The van der Waals surface area contributed by atoms with Gasteiger partial charge in [-0.05, 0) is 12.1 Å². The first-order chi connectivity index (χ1) is 9.77. The Hall–Kier alpha value is -2.15. The average molecular weight is 315 g/mol. The highest BCUT2D eigenvalue weighted by atomic mass is 35.5. The first kappa shape index (κ1) is 16.9. The van der Waals surface area contributed by atoms with Gasteiger partial charge in [0.15, 0.2) is 0 Å². The van der Waals surface area contributed by atoms with E-state index in [-0.39, 0.29) is 22.8 Å². The van der Waals surface area contributed by atoms with Crippen molar-refractivity contribution in [2.75, 3.05) is 20.7 Å². The van der Waals surface area contributed by atoms with Crippen LogP contribution in [-0.2, 0) is 9.53 Å². The molecule has 21 heavy (non-hydrogen) atoms. The van der Waals surface area contributed by atoms with Crippen LogP contribution in [0, 0.1) is 16.0 Å². The minimum absolute atomic E-state index is 0.0397. The van der Waals surface area contributed by atoms with Crippen molar-refractivity contribution < 1.29 is 19.2 Å². The number of esters is 1. The van der Waals surface area contributed by atoms with Gasteiger partial charge in [-0.1, -0.05) is 18.5 Å². The molecule has 0 fully saturated rings. The fourth-order valence-corrected chi connectivity index (χ4v) is 1.96. The highest BCUT2D eigenvalue weighted by molar-refractivity contribution is 6.32. The lowest BCUT2D eigenvalue weighted by molar-refractivity contribution is -0.384. The first-order valence-electron chi connectivity index (χ1n) is 6.05. The van der Waals surface area contributed by atoms with Gasteiger partial charge in [0.05, 0.1) is 18.0 Å². The zero-order valence-electron chi connectivity index (χ0n) is 11.8. The Kier molecular flexibility index (Phi) is 5.66. The Morgan fingerprint density at radius 3 is 2.62 bits per heavy atom. The molecule has 1 aromatic rings. The van der Waals surface area contributed by atoms with E-state index in [1.165, 1.54) is 31.2 Å². The van der Waals surface area contributed by atoms with Crippen molar-refractivity contribution in [3.8, 4) is 0 Å². The normalized spacial score (nSPS) is 11.6. The van der Waals surface area contributed by atoms with Crippen LogP contribution >= 0.6 is 11.6 Å². The third-order valence-corrected chi connectivity index (χ3v) is 3.21. The number of halogens is 1. The molecule has 114 valence electrons. The standard InChI is InChI=1S/C13H15ClN2O5/c1-8(13(18)21-3)7-15(2)12(17)9-4-5-10(14)11(6-9)16(19)20/h4-6,8H,7H2,1-3H3. The van der Waals surface area contributed by atoms with Crippen LogP contribution in [0.15, 0.2) is 18.2 Å². The van der Waals surface area contributed by atoms with Gasteiger partial charge >= 0.3 is 5.97 Å². The number of hydrogen-bond acceptors (Lipinski definition) is 5. The number of rotatable bonds is 5. The van der Waals surface area contributed by atoms with Gasteiger partial charge in [0.2, 0.25) is 0 Å². The van der Waals surface area contributed by atoms with E-state index in [1.54, 1.807) is 6.92 Å². The second kappa shape index (κ2) is 7.03. The maximum absolute atomic E-state index is 12.2. The van der Waals surface area contributed by atoms with E-state index in [4.69, 9.17) is 11.6 Å². The highest BCUT2D eigenvalue weighted by Crippen LogP contribution is 2.25. The summed E-state index contributed by atoms with van der Waals surface area (Å²) in [6, 6.07) is 3.81. The maximum atomic E-state index is 12.2. The van der Waals surface area contributed by atoms with Crippen molar-refractivity contribution in [3.63, 3.8) is 0 Å². The number of nitro groups is 1. The number of nitrogens with zero attached hydrogens (tertiary/aromatic N) is 2. The number of amides is 1. The Morgan fingerprint density at radius 2 is 2.10 bits per heavy atom. The molecule has 7 nitrogen and oxygen atoms in total. The molecule has 0 aromatic heterocycles. The van der Waals surface area contributed by atoms with E-state index in [9.17, 15) is 19.7 Å². The van der Waals surface area contributed by atoms with Crippen molar-refractivity contribution in [1.29, 1.82) is 0 Å².